The van der Waals surface area contributed by atoms with Crippen LogP contribution in [0.5, 0.6) is 0 Å². The van der Waals surface area contributed by atoms with Crippen molar-refractivity contribution < 1.29 is 0 Å². The molecule has 0 bridgehead atoms. The van der Waals surface area contributed by atoms with Gasteiger partial charge >= 0.3 is 0 Å². The van der Waals surface area contributed by atoms with E-state index in [-0.39, 0.29) is 0 Å². The van der Waals surface area contributed by atoms with Gasteiger partial charge in [-0.3, -0.25) is 4.68 Å². The second-order valence-corrected chi connectivity index (χ2v) is 4.02. The highest BCUT2D eigenvalue weighted by Gasteiger charge is 2.16. The minimum absolute atomic E-state index is 0.686. The van der Waals surface area contributed by atoms with Gasteiger partial charge in [-0.2, -0.15) is 5.10 Å². The molecule has 1 aromatic heterocycles. The molecule has 1 aromatic rings. The number of rotatable bonds is 3. The van der Waals surface area contributed by atoms with Crippen molar-refractivity contribution in [2.45, 2.75) is 31.7 Å². The molecule has 1 saturated heterocycles. The van der Waals surface area contributed by atoms with E-state index in [1.54, 1.807) is 0 Å². The lowest BCUT2D eigenvalue weighted by molar-refractivity contribution is 0.460. The second-order valence-electron chi connectivity index (χ2n) is 4.02. The van der Waals surface area contributed by atoms with Gasteiger partial charge in [-0.25, -0.2) is 0 Å². The molecule has 3 heteroatoms. The first-order valence-electron chi connectivity index (χ1n) is 5.56. The van der Waals surface area contributed by atoms with Gasteiger partial charge < -0.3 is 5.32 Å². The summed E-state index contributed by atoms with van der Waals surface area (Å²) in [4.78, 5) is 0. The molecule has 15 heavy (non-hydrogen) atoms. The molecule has 2 rings (SSSR count). The van der Waals surface area contributed by atoms with Crippen LogP contribution in [0.4, 0.5) is 0 Å². The molecular weight excluding hydrogens is 186 g/mol. The highest BCUT2D eigenvalue weighted by molar-refractivity contribution is 5.12. The molecule has 1 aliphatic heterocycles. The molecule has 0 aromatic carbocycles. The van der Waals surface area contributed by atoms with Gasteiger partial charge in [0, 0.05) is 12.6 Å². The van der Waals surface area contributed by atoms with Crippen LogP contribution in [0.1, 0.15) is 30.7 Å². The van der Waals surface area contributed by atoms with Crippen LogP contribution in [0.2, 0.25) is 0 Å². The minimum atomic E-state index is 0.686. The van der Waals surface area contributed by atoms with E-state index in [0.29, 0.717) is 5.92 Å². The SMILES string of the molecule is C#CCCn1cc(C2CCNCC2)cn1. The van der Waals surface area contributed by atoms with Gasteiger partial charge in [-0.1, -0.05) is 0 Å². The van der Waals surface area contributed by atoms with Crippen molar-refractivity contribution in [1.82, 2.24) is 15.1 Å². The Bertz CT molecular complexity index is 342. The summed E-state index contributed by atoms with van der Waals surface area (Å²) in [6.45, 7) is 3.09. The fourth-order valence-electron chi connectivity index (χ4n) is 2.05. The first-order chi connectivity index (χ1) is 7.40. The molecule has 0 atom stereocenters. The number of nitrogens with one attached hydrogen (secondary N) is 1. The molecule has 3 nitrogen and oxygen atoms in total. The summed E-state index contributed by atoms with van der Waals surface area (Å²) in [7, 11) is 0. The summed E-state index contributed by atoms with van der Waals surface area (Å²) < 4.78 is 1.96. The van der Waals surface area contributed by atoms with Gasteiger partial charge in [-0.05, 0) is 37.4 Å². The highest BCUT2D eigenvalue weighted by Crippen LogP contribution is 2.24. The first kappa shape index (κ1) is 10.3. The van der Waals surface area contributed by atoms with Gasteiger partial charge in [0.1, 0.15) is 0 Å². The Balaban J connectivity index is 1.96. The van der Waals surface area contributed by atoms with Gasteiger partial charge in [0.25, 0.3) is 0 Å². The molecular formula is C12H17N3. The summed E-state index contributed by atoms with van der Waals surface area (Å²) in [5.74, 6) is 3.32. The standard InChI is InChI=1S/C12H17N3/c1-2-3-8-15-10-12(9-14-15)11-4-6-13-7-5-11/h1,9-11,13H,3-8H2. The predicted octanol–water partition coefficient (Wildman–Crippen LogP) is 1.37. The van der Waals surface area contributed by atoms with E-state index in [9.17, 15) is 0 Å². The summed E-state index contributed by atoms with van der Waals surface area (Å²) in [5.41, 5.74) is 1.37. The molecule has 0 spiro atoms. The number of terminal acetylenes is 1. The number of hydrogen-bond donors (Lipinski definition) is 1. The Labute approximate surface area is 90.9 Å². The van der Waals surface area contributed by atoms with Crippen LogP contribution < -0.4 is 5.32 Å². The van der Waals surface area contributed by atoms with Crippen LogP contribution in [0, 0.1) is 12.3 Å². The smallest absolute Gasteiger partial charge is 0.0524 e. The molecule has 0 radical (unpaired) electrons. The van der Waals surface area contributed by atoms with Gasteiger partial charge in [0.15, 0.2) is 0 Å². The Morgan fingerprint density at radius 2 is 2.33 bits per heavy atom. The Morgan fingerprint density at radius 3 is 3.07 bits per heavy atom. The summed E-state index contributed by atoms with van der Waals surface area (Å²) in [5, 5.41) is 7.70. The van der Waals surface area contributed by atoms with Gasteiger partial charge in [0.2, 0.25) is 0 Å². The van der Waals surface area contributed by atoms with Crippen LogP contribution >= 0.6 is 0 Å². The zero-order valence-electron chi connectivity index (χ0n) is 8.95. The quantitative estimate of drug-likeness (QED) is 0.752. The van der Waals surface area contributed by atoms with E-state index in [1.807, 2.05) is 10.9 Å². The highest BCUT2D eigenvalue weighted by atomic mass is 15.3. The van der Waals surface area contributed by atoms with E-state index in [4.69, 9.17) is 6.42 Å². The molecule has 0 amide bonds. The third kappa shape index (κ3) is 2.60. The zero-order chi connectivity index (χ0) is 10.5. The van der Waals surface area contributed by atoms with E-state index < -0.39 is 0 Å². The Morgan fingerprint density at radius 1 is 1.53 bits per heavy atom. The van der Waals surface area contributed by atoms with Crippen molar-refractivity contribution in [3.63, 3.8) is 0 Å². The van der Waals surface area contributed by atoms with E-state index in [0.717, 1.165) is 26.1 Å². The maximum atomic E-state index is 5.23. The van der Waals surface area contributed by atoms with Crippen molar-refractivity contribution in [3.05, 3.63) is 18.0 Å². The number of hydrogen-bond acceptors (Lipinski definition) is 2. The molecule has 2 heterocycles. The summed E-state index contributed by atoms with van der Waals surface area (Å²) in [6, 6.07) is 0. The van der Waals surface area contributed by atoms with Crippen molar-refractivity contribution >= 4 is 0 Å². The Hall–Kier alpha value is -1.27. The fourth-order valence-corrected chi connectivity index (χ4v) is 2.05. The third-order valence-corrected chi connectivity index (χ3v) is 2.95. The van der Waals surface area contributed by atoms with Crippen molar-refractivity contribution in [2.24, 2.45) is 0 Å². The average molecular weight is 203 g/mol. The third-order valence-electron chi connectivity index (χ3n) is 2.95. The van der Waals surface area contributed by atoms with Crippen LogP contribution in [0.3, 0.4) is 0 Å². The first-order valence-corrected chi connectivity index (χ1v) is 5.56. The largest absolute Gasteiger partial charge is 0.317 e. The lowest BCUT2D eigenvalue weighted by atomic mass is 9.93. The summed E-state index contributed by atoms with van der Waals surface area (Å²) >= 11 is 0. The number of aryl methyl sites for hydroxylation is 1. The number of piperidine rings is 1. The minimum Gasteiger partial charge on any atom is -0.317 e. The van der Waals surface area contributed by atoms with E-state index in [1.165, 1.54) is 18.4 Å². The molecule has 1 fully saturated rings. The maximum absolute atomic E-state index is 5.23. The van der Waals surface area contributed by atoms with Crippen molar-refractivity contribution in [2.75, 3.05) is 13.1 Å². The molecule has 1 aliphatic rings. The monoisotopic (exact) mass is 203 g/mol. The lowest BCUT2D eigenvalue weighted by Crippen LogP contribution is -2.26. The van der Waals surface area contributed by atoms with Crippen LogP contribution in [0.25, 0.3) is 0 Å². The summed E-state index contributed by atoms with van der Waals surface area (Å²) in [6.07, 6.45) is 12.6. The zero-order valence-corrected chi connectivity index (χ0v) is 8.95. The van der Waals surface area contributed by atoms with Gasteiger partial charge in [0.05, 0.1) is 12.7 Å². The second kappa shape index (κ2) is 4.99. The number of aromatic nitrogens is 2. The Kier molecular flexibility index (Phi) is 3.41. The molecule has 0 aliphatic carbocycles. The lowest BCUT2D eigenvalue weighted by Gasteiger charge is -2.21. The van der Waals surface area contributed by atoms with Crippen molar-refractivity contribution in [1.29, 1.82) is 0 Å². The molecule has 80 valence electrons. The van der Waals surface area contributed by atoms with Crippen LogP contribution in [-0.4, -0.2) is 22.9 Å². The topological polar surface area (TPSA) is 29.9 Å². The molecule has 0 unspecified atom stereocenters. The maximum Gasteiger partial charge on any atom is 0.0524 e. The van der Waals surface area contributed by atoms with Crippen LogP contribution in [0.15, 0.2) is 12.4 Å². The number of nitrogens with zero attached hydrogens (tertiary/aromatic N) is 2. The fraction of sp³-hybridized carbons (Fsp3) is 0.583. The van der Waals surface area contributed by atoms with Gasteiger partial charge in [-0.15, -0.1) is 12.3 Å². The normalized spacial score (nSPS) is 17.5. The predicted molar refractivity (Wildman–Crippen MR) is 60.5 cm³/mol. The molecule has 1 N–H and O–H groups in total. The average Bonchev–Trinajstić information content (AvgIpc) is 2.76. The van der Waals surface area contributed by atoms with Crippen LogP contribution in [-0.2, 0) is 6.54 Å². The molecule has 0 saturated carbocycles. The van der Waals surface area contributed by atoms with E-state index in [2.05, 4.69) is 22.5 Å². The van der Waals surface area contributed by atoms with E-state index >= 15 is 0 Å². The van der Waals surface area contributed by atoms with Crippen molar-refractivity contribution in [3.8, 4) is 12.3 Å².